The van der Waals surface area contributed by atoms with Crippen molar-refractivity contribution in [1.29, 1.82) is 0 Å². The Morgan fingerprint density at radius 1 is 0.774 bits per heavy atom. The summed E-state index contributed by atoms with van der Waals surface area (Å²) in [4.78, 5) is 4.44. The molecule has 1 heterocycles. The zero-order valence-electron chi connectivity index (χ0n) is 18.2. The Kier molecular flexibility index (Phi) is 5.73. The molecule has 0 saturated heterocycles. The highest BCUT2D eigenvalue weighted by Gasteiger charge is 2.21. The normalized spacial score (nSPS) is 11.5. The van der Waals surface area contributed by atoms with E-state index in [1.807, 2.05) is 29.0 Å². The Hall–Kier alpha value is -3.27. The maximum atomic E-state index is 14.6. The van der Waals surface area contributed by atoms with Gasteiger partial charge in [-0.05, 0) is 58.4 Å². The molecule has 0 saturated carbocycles. The van der Waals surface area contributed by atoms with Crippen LogP contribution in [0.1, 0.15) is 50.7 Å². The summed E-state index contributed by atoms with van der Waals surface area (Å²) in [5.74, 6) is -0.273. The second-order valence-corrected chi connectivity index (χ2v) is 8.42. The zero-order chi connectivity index (χ0) is 22.1. The van der Waals surface area contributed by atoms with Crippen LogP contribution < -0.4 is 0 Å². The Bertz CT molecular complexity index is 1180. The Morgan fingerprint density at radius 3 is 2.00 bits per heavy atom. The van der Waals surface area contributed by atoms with Crippen molar-refractivity contribution in [3.8, 4) is 28.2 Å². The molecule has 0 bridgehead atoms. The molecule has 0 spiro atoms. The summed E-state index contributed by atoms with van der Waals surface area (Å²) in [5.41, 5.74) is 5.93. The number of rotatable bonds is 5. The second kappa shape index (κ2) is 8.46. The van der Waals surface area contributed by atoms with Crippen LogP contribution in [-0.4, -0.2) is 9.55 Å². The van der Waals surface area contributed by atoms with E-state index in [4.69, 9.17) is 0 Å². The molecule has 4 heteroatoms. The highest BCUT2D eigenvalue weighted by Crippen LogP contribution is 2.38. The molecule has 0 fully saturated rings. The molecule has 1 aromatic heterocycles. The minimum atomic E-state index is -0.620. The molecule has 2 nitrogen and oxygen atoms in total. The second-order valence-electron chi connectivity index (χ2n) is 8.42. The van der Waals surface area contributed by atoms with Crippen LogP contribution in [0.5, 0.6) is 0 Å². The lowest BCUT2D eigenvalue weighted by Gasteiger charge is -2.23. The van der Waals surface area contributed by atoms with Crippen molar-refractivity contribution in [1.82, 2.24) is 9.55 Å². The predicted octanol–water partition coefficient (Wildman–Crippen LogP) is 7.73. The number of hydrogen-bond donors (Lipinski definition) is 0. The minimum absolute atomic E-state index is 0.240. The summed E-state index contributed by atoms with van der Waals surface area (Å²) >= 11 is 0. The fraction of sp³-hybridized carbons (Fsp3) is 0.222. The molecule has 3 aromatic carbocycles. The van der Waals surface area contributed by atoms with Crippen LogP contribution in [0.3, 0.4) is 0 Å². The van der Waals surface area contributed by atoms with Gasteiger partial charge in [0.25, 0.3) is 0 Å². The molecular formula is C27H26F2N2. The molecule has 0 aliphatic carbocycles. The summed E-state index contributed by atoms with van der Waals surface area (Å²) in [6.07, 6.45) is 3.52. The molecule has 4 aromatic rings. The van der Waals surface area contributed by atoms with E-state index in [0.29, 0.717) is 5.82 Å². The quantitative estimate of drug-likeness (QED) is 0.325. The molecule has 0 aliphatic rings. The lowest BCUT2D eigenvalue weighted by atomic mass is 9.88. The first kappa shape index (κ1) is 21.0. The fourth-order valence-corrected chi connectivity index (χ4v) is 3.99. The van der Waals surface area contributed by atoms with E-state index in [-0.39, 0.29) is 17.4 Å². The summed E-state index contributed by atoms with van der Waals surface area (Å²) < 4.78 is 30.1. The van der Waals surface area contributed by atoms with Gasteiger partial charge >= 0.3 is 0 Å². The van der Waals surface area contributed by atoms with Crippen molar-refractivity contribution in [3.05, 3.63) is 95.8 Å². The molecule has 0 aliphatic heterocycles. The largest absolute Gasteiger partial charge is 0.299 e. The maximum absolute atomic E-state index is 14.6. The number of hydrogen-bond acceptors (Lipinski definition) is 1. The zero-order valence-corrected chi connectivity index (χ0v) is 18.2. The average molecular weight is 417 g/mol. The number of aromatic nitrogens is 2. The van der Waals surface area contributed by atoms with Gasteiger partial charge in [0.05, 0.1) is 11.3 Å². The van der Waals surface area contributed by atoms with Crippen molar-refractivity contribution in [2.45, 2.75) is 39.5 Å². The van der Waals surface area contributed by atoms with E-state index in [9.17, 15) is 8.78 Å². The highest BCUT2D eigenvalue weighted by atomic mass is 19.1. The molecule has 0 radical (unpaired) electrons. The van der Waals surface area contributed by atoms with Crippen molar-refractivity contribution in [2.75, 3.05) is 0 Å². The first-order valence-electron chi connectivity index (χ1n) is 10.6. The van der Waals surface area contributed by atoms with Crippen LogP contribution in [0.15, 0.2) is 73.1 Å². The molecular weight excluding hydrogens is 390 g/mol. The SMILES string of the molecule is CC(C)c1cc(-c2ccccc2)cc(C(C)C)c1-n1ccnc1-c1ccc(F)cc1F. The van der Waals surface area contributed by atoms with Crippen LogP contribution >= 0.6 is 0 Å². The maximum Gasteiger partial charge on any atom is 0.147 e. The van der Waals surface area contributed by atoms with Gasteiger partial charge in [0, 0.05) is 18.5 Å². The van der Waals surface area contributed by atoms with E-state index in [1.165, 1.54) is 12.1 Å². The van der Waals surface area contributed by atoms with Crippen LogP contribution in [0, 0.1) is 11.6 Å². The molecule has 0 N–H and O–H groups in total. The molecule has 0 amide bonds. The van der Waals surface area contributed by atoms with Crippen molar-refractivity contribution in [3.63, 3.8) is 0 Å². The summed E-state index contributed by atoms with van der Waals surface area (Å²) in [5, 5.41) is 0. The highest BCUT2D eigenvalue weighted by molar-refractivity contribution is 5.71. The number of benzene rings is 3. The van der Waals surface area contributed by atoms with Gasteiger partial charge in [0.1, 0.15) is 17.5 Å². The van der Waals surface area contributed by atoms with E-state index in [2.05, 4.69) is 56.9 Å². The third-order valence-corrected chi connectivity index (χ3v) is 5.57. The van der Waals surface area contributed by atoms with Gasteiger partial charge < -0.3 is 0 Å². The lowest BCUT2D eigenvalue weighted by Crippen LogP contribution is -2.09. The molecule has 158 valence electrons. The van der Waals surface area contributed by atoms with E-state index in [1.54, 1.807) is 6.20 Å². The van der Waals surface area contributed by atoms with Crippen LogP contribution in [0.2, 0.25) is 0 Å². The summed E-state index contributed by atoms with van der Waals surface area (Å²) in [6.45, 7) is 8.64. The standard InChI is InChI=1S/C27H26F2N2/c1-17(2)23-14-20(19-8-6-5-7-9-19)15-24(18(3)4)26(23)31-13-12-30-27(31)22-11-10-21(28)16-25(22)29/h5-18H,1-4H3. The third kappa shape index (κ3) is 4.02. The van der Waals surface area contributed by atoms with Crippen LogP contribution in [0.4, 0.5) is 8.78 Å². The summed E-state index contributed by atoms with van der Waals surface area (Å²) in [6, 6.07) is 18.4. The Morgan fingerprint density at radius 2 is 1.42 bits per heavy atom. The average Bonchev–Trinajstić information content (AvgIpc) is 3.22. The number of imidazole rings is 1. The van der Waals surface area contributed by atoms with Gasteiger partial charge in [0.2, 0.25) is 0 Å². The molecule has 31 heavy (non-hydrogen) atoms. The van der Waals surface area contributed by atoms with Gasteiger partial charge in [0.15, 0.2) is 0 Å². The van der Waals surface area contributed by atoms with Gasteiger partial charge in [-0.2, -0.15) is 0 Å². The monoisotopic (exact) mass is 416 g/mol. The van der Waals surface area contributed by atoms with Crippen LogP contribution in [-0.2, 0) is 0 Å². The predicted molar refractivity (Wildman–Crippen MR) is 123 cm³/mol. The smallest absolute Gasteiger partial charge is 0.147 e. The molecule has 4 rings (SSSR count). The lowest BCUT2D eigenvalue weighted by molar-refractivity contribution is 0.584. The number of nitrogens with zero attached hydrogens (tertiary/aromatic N) is 2. The Balaban J connectivity index is 1.99. The first-order chi connectivity index (χ1) is 14.9. The van der Waals surface area contributed by atoms with Gasteiger partial charge in [-0.25, -0.2) is 13.8 Å². The molecule has 0 atom stereocenters. The van der Waals surface area contributed by atoms with Crippen LogP contribution in [0.25, 0.3) is 28.2 Å². The topological polar surface area (TPSA) is 17.8 Å². The van der Waals surface area contributed by atoms with Crippen molar-refractivity contribution >= 4 is 0 Å². The van der Waals surface area contributed by atoms with Gasteiger partial charge in [-0.15, -0.1) is 0 Å². The van der Waals surface area contributed by atoms with E-state index >= 15 is 0 Å². The molecule has 0 unspecified atom stereocenters. The van der Waals surface area contributed by atoms with Gasteiger partial charge in [-0.1, -0.05) is 58.0 Å². The van der Waals surface area contributed by atoms with E-state index < -0.39 is 11.6 Å². The number of halogens is 2. The fourth-order valence-electron chi connectivity index (χ4n) is 3.99. The van der Waals surface area contributed by atoms with Gasteiger partial charge in [-0.3, -0.25) is 4.57 Å². The first-order valence-corrected chi connectivity index (χ1v) is 10.6. The van der Waals surface area contributed by atoms with Crippen molar-refractivity contribution < 1.29 is 8.78 Å². The minimum Gasteiger partial charge on any atom is -0.299 e. The Labute approximate surface area is 182 Å². The third-order valence-electron chi connectivity index (χ3n) is 5.57. The van der Waals surface area contributed by atoms with E-state index in [0.717, 1.165) is 34.0 Å². The summed E-state index contributed by atoms with van der Waals surface area (Å²) in [7, 11) is 0. The van der Waals surface area contributed by atoms with Crippen molar-refractivity contribution in [2.24, 2.45) is 0 Å².